The summed E-state index contributed by atoms with van der Waals surface area (Å²) >= 11 is 0. The summed E-state index contributed by atoms with van der Waals surface area (Å²) in [6.45, 7) is 2.67. The first-order chi connectivity index (χ1) is 13.9. The molecule has 0 aromatic heterocycles. The predicted molar refractivity (Wildman–Crippen MR) is 123 cm³/mol. The van der Waals surface area contributed by atoms with Crippen LogP contribution in [0, 0.1) is 0 Å². The Kier molecular flexibility index (Phi) is 8.44. The Morgan fingerprint density at radius 2 is 1.52 bits per heavy atom. The third-order valence-electron chi connectivity index (χ3n) is 4.59. The van der Waals surface area contributed by atoms with Crippen molar-refractivity contribution >= 4 is 23.6 Å². The van der Waals surface area contributed by atoms with Gasteiger partial charge in [0, 0.05) is 31.9 Å². The molecule has 0 aliphatic rings. The van der Waals surface area contributed by atoms with E-state index in [4.69, 9.17) is 0 Å². The topological polar surface area (TPSA) is 52.6 Å². The molecule has 4 nitrogen and oxygen atoms in total. The largest absolute Gasteiger partial charge is 0.508 e. The van der Waals surface area contributed by atoms with Gasteiger partial charge in [0.15, 0.2) is 5.78 Å². The number of benzene rings is 2. The molecular weight excluding hydrogens is 360 g/mol. The molecule has 2 N–H and O–H groups in total. The number of rotatable bonds is 9. The van der Waals surface area contributed by atoms with E-state index in [0.29, 0.717) is 12.0 Å². The van der Waals surface area contributed by atoms with Crippen molar-refractivity contribution in [3.05, 3.63) is 88.7 Å². The van der Waals surface area contributed by atoms with Gasteiger partial charge >= 0.3 is 0 Å². The number of allylic oxidation sites excluding steroid dienone is 3. The average Bonchev–Trinajstić information content (AvgIpc) is 2.72. The smallest absolute Gasteiger partial charge is 0.185 e. The Morgan fingerprint density at radius 1 is 0.966 bits per heavy atom. The number of hydrogen-bond acceptors (Lipinski definition) is 4. The Balaban J connectivity index is 2.10. The standard InChI is InChI=1S/C25H30N2O2/c1-5-23(24(28)16-12-19-6-8-21(9-7-19)18-26-2)25(29)17-13-20-10-14-22(15-11-20)27(3)4/h6-17,26,29H,5,18H2,1-4H3/b16-12+,17-13+,25-23-. The van der Waals surface area contributed by atoms with Gasteiger partial charge in [-0.3, -0.25) is 4.79 Å². The lowest BCUT2D eigenvalue weighted by Gasteiger charge is -2.11. The quantitative estimate of drug-likeness (QED) is 0.360. The molecule has 29 heavy (non-hydrogen) atoms. The van der Waals surface area contributed by atoms with E-state index >= 15 is 0 Å². The van der Waals surface area contributed by atoms with Gasteiger partial charge in [-0.2, -0.15) is 0 Å². The van der Waals surface area contributed by atoms with Gasteiger partial charge in [0.2, 0.25) is 0 Å². The number of anilines is 1. The summed E-state index contributed by atoms with van der Waals surface area (Å²) < 4.78 is 0. The molecule has 0 saturated carbocycles. The van der Waals surface area contributed by atoms with Gasteiger partial charge in [0.05, 0.1) is 0 Å². The summed E-state index contributed by atoms with van der Waals surface area (Å²) in [4.78, 5) is 14.6. The maximum absolute atomic E-state index is 12.5. The van der Waals surface area contributed by atoms with Crippen molar-refractivity contribution in [1.82, 2.24) is 5.32 Å². The van der Waals surface area contributed by atoms with E-state index in [1.165, 1.54) is 11.6 Å². The van der Waals surface area contributed by atoms with Crippen molar-refractivity contribution in [3.8, 4) is 0 Å². The molecule has 0 saturated heterocycles. The fourth-order valence-electron chi connectivity index (χ4n) is 2.86. The molecule has 0 unspecified atom stereocenters. The Morgan fingerprint density at radius 3 is 2.03 bits per heavy atom. The number of nitrogens with one attached hydrogen (secondary N) is 1. The lowest BCUT2D eigenvalue weighted by atomic mass is 10.0. The van der Waals surface area contributed by atoms with E-state index < -0.39 is 0 Å². The van der Waals surface area contributed by atoms with Crippen molar-refractivity contribution in [3.63, 3.8) is 0 Å². The van der Waals surface area contributed by atoms with Gasteiger partial charge in [0.1, 0.15) is 5.76 Å². The van der Waals surface area contributed by atoms with Gasteiger partial charge in [0.25, 0.3) is 0 Å². The summed E-state index contributed by atoms with van der Waals surface area (Å²) in [5.74, 6) is -0.180. The first kappa shape index (κ1) is 22.2. The highest BCUT2D eigenvalue weighted by molar-refractivity contribution is 6.06. The molecule has 4 heteroatoms. The van der Waals surface area contributed by atoms with E-state index in [2.05, 4.69) is 5.32 Å². The highest BCUT2D eigenvalue weighted by atomic mass is 16.3. The number of carbonyl (C=O) groups is 1. The zero-order chi connectivity index (χ0) is 21.2. The maximum atomic E-state index is 12.5. The summed E-state index contributed by atoms with van der Waals surface area (Å²) in [5.41, 5.74) is 4.60. The number of hydrogen-bond donors (Lipinski definition) is 2. The van der Waals surface area contributed by atoms with E-state index in [0.717, 1.165) is 23.4 Å². The summed E-state index contributed by atoms with van der Waals surface area (Å²) in [5, 5.41) is 13.5. The van der Waals surface area contributed by atoms with E-state index in [-0.39, 0.29) is 11.5 Å². The highest BCUT2D eigenvalue weighted by Crippen LogP contribution is 2.16. The monoisotopic (exact) mass is 390 g/mol. The van der Waals surface area contributed by atoms with Crippen LogP contribution in [0.4, 0.5) is 5.69 Å². The van der Waals surface area contributed by atoms with E-state index in [1.54, 1.807) is 12.2 Å². The lowest BCUT2D eigenvalue weighted by molar-refractivity contribution is -0.111. The van der Waals surface area contributed by atoms with Crippen molar-refractivity contribution in [2.75, 3.05) is 26.0 Å². The number of aliphatic hydroxyl groups is 1. The molecule has 2 aromatic rings. The van der Waals surface area contributed by atoms with Gasteiger partial charge < -0.3 is 15.3 Å². The molecule has 0 heterocycles. The van der Waals surface area contributed by atoms with Crippen LogP contribution < -0.4 is 10.2 Å². The van der Waals surface area contributed by atoms with Crippen LogP contribution in [0.5, 0.6) is 0 Å². The second-order valence-electron chi connectivity index (χ2n) is 7.01. The minimum atomic E-state index is -0.183. The third-order valence-corrected chi connectivity index (χ3v) is 4.59. The second-order valence-corrected chi connectivity index (χ2v) is 7.01. The molecule has 0 aliphatic carbocycles. The van der Waals surface area contributed by atoms with E-state index in [1.807, 2.05) is 87.6 Å². The Hall–Kier alpha value is -3.11. The second kappa shape index (κ2) is 11.0. The third kappa shape index (κ3) is 6.77. The summed E-state index contributed by atoms with van der Waals surface area (Å²) in [7, 11) is 5.89. The number of ketones is 1. The molecular formula is C25H30N2O2. The van der Waals surface area contributed by atoms with Crippen molar-refractivity contribution < 1.29 is 9.90 Å². The minimum Gasteiger partial charge on any atom is -0.508 e. The molecule has 0 spiro atoms. The van der Waals surface area contributed by atoms with Gasteiger partial charge in [-0.25, -0.2) is 0 Å². The zero-order valence-electron chi connectivity index (χ0n) is 17.6. The molecule has 2 aromatic carbocycles. The van der Waals surface area contributed by atoms with Gasteiger partial charge in [-0.1, -0.05) is 55.5 Å². The van der Waals surface area contributed by atoms with Crippen LogP contribution in [-0.4, -0.2) is 32.0 Å². The van der Waals surface area contributed by atoms with Crippen LogP contribution >= 0.6 is 0 Å². The molecule has 0 aliphatic heterocycles. The highest BCUT2D eigenvalue weighted by Gasteiger charge is 2.09. The summed E-state index contributed by atoms with van der Waals surface area (Å²) in [6, 6.07) is 16.0. The minimum absolute atomic E-state index is 0.00297. The van der Waals surface area contributed by atoms with E-state index in [9.17, 15) is 9.90 Å². The average molecular weight is 391 g/mol. The fourth-order valence-corrected chi connectivity index (χ4v) is 2.86. The van der Waals surface area contributed by atoms with Crippen LogP contribution in [0.15, 0.2) is 72.0 Å². The molecule has 2 rings (SSSR count). The van der Waals surface area contributed by atoms with Crippen LogP contribution in [0.25, 0.3) is 12.2 Å². The van der Waals surface area contributed by atoms with Crippen molar-refractivity contribution in [1.29, 1.82) is 0 Å². The lowest BCUT2D eigenvalue weighted by Crippen LogP contribution is -2.07. The Bertz CT molecular complexity index is 889. The van der Waals surface area contributed by atoms with Crippen LogP contribution in [0.2, 0.25) is 0 Å². The van der Waals surface area contributed by atoms with Crippen molar-refractivity contribution in [2.24, 2.45) is 0 Å². The predicted octanol–water partition coefficient (Wildman–Crippen LogP) is 4.99. The number of nitrogens with zero attached hydrogens (tertiary/aromatic N) is 1. The zero-order valence-corrected chi connectivity index (χ0v) is 17.6. The molecule has 0 bridgehead atoms. The van der Waals surface area contributed by atoms with Gasteiger partial charge in [-0.15, -0.1) is 0 Å². The Labute approximate surface area is 173 Å². The fraction of sp³-hybridized carbons (Fsp3) is 0.240. The SMILES string of the molecule is CC/C(C(=O)/C=C/c1ccc(CNC)cc1)=C(O)\C=C\c1ccc(N(C)C)cc1. The molecule has 152 valence electrons. The first-order valence-electron chi connectivity index (χ1n) is 9.78. The molecule has 0 atom stereocenters. The van der Waals surface area contributed by atoms with Crippen LogP contribution in [-0.2, 0) is 11.3 Å². The van der Waals surface area contributed by atoms with Crippen LogP contribution in [0.3, 0.4) is 0 Å². The van der Waals surface area contributed by atoms with Crippen LogP contribution in [0.1, 0.15) is 30.0 Å². The summed E-state index contributed by atoms with van der Waals surface area (Å²) in [6.07, 6.45) is 7.14. The number of carbonyl (C=O) groups excluding carboxylic acids is 1. The maximum Gasteiger partial charge on any atom is 0.185 e. The van der Waals surface area contributed by atoms with Gasteiger partial charge in [-0.05, 0) is 54.4 Å². The number of aliphatic hydroxyl groups excluding tert-OH is 1. The van der Waals surface area contributed by atoms with Crippen molar-refractivity contribution in [2.45, 2.75) is 19.9 Å². The molecule has 0 amide bonds. The molecule has 0 fully saturated rings. The molecule has 0 radical (unpaired) electrons. The first-order valence-corrected chi connectivity index (χ1v) is 9.78. The normalized spacial score (nSPS) is 12.4.